The van der Waals surface area contributed by atoms with Gasteiger partial charge in [0, 0.05) is 23.2 Å². The molecule has 1 N–H and O–H groups in total. The van der Waals surface area contributed by atoms with Crippen molar-refractivity contribution in [2.24, 2.45) is 0 Å². The van der Waals surface area contributed by atoms with E-state index in [4.69, 9.17) is 16.3 Å². The Morgan fingerprint density at radius 2 is 1.67 bits per heavy atom. The van der Waals surface area contributed by atoms with Crippen molar-refractivity contribution in [2.45, 2.75) is 50.2 Å². The highest BCUT2D eigenvalue weighted by Gasteiger charge is 2.35. The molecule has 3 rings (SSSR count). The van der Waals surface area contributed by atoms with Crippen molar-refractivity contribution >= 4 is 11.6 Å². The molecular weight excluding hydrogens is 307 g/mol. The average Bonchev–Trinajstić information content (AvgIpc) is 2.65. The molecule has 116 valence electrons. The van der Waals surface area contributed by atoms with E-state index in [1.54, 1.807) is 0 Å². The van der Waals surface area contributed by atoms with E-state index in [1.807, 2.05) is 0 Å². The maximum Gasteiger partial charge on any atom is 0.573 e. The molecule has 0 saturated carbocycles. The monoisotopic (exact) mass is 321 g/mol. The first-order valence-corrected chi connectivity index (χ1v) is 7.24. The van der Waals surface area contributed by atoms with Crippen molar-refractivity contribution in [3.05, 3.63) is 23.2 Å². The minimum atomic E-state index is -4.74. The van der Waals surface area contributed by atoms with Crippen LogP contribution in [0.3, 0.4) is 0 Å². The van der Waals surface area contributed by atoms with Gasteiger partial charge in [0.2, 0.25) is 0 Å². The molecule has 2 bridgehead atoms. The van der Waals surface area contributed by atoms with Gasteiger partial charge in [-0.1, -0.05) is 11.6 Å². The summed E-state index contributed by atoms with van der Waals surface area (Å²) in [5, 5.41) is 3.64. The van der Waals surface area contributed by atoms with Crippen LogP contribution in [0.5, 0.6) is 11.5 Å². The first kappa shape index (κ1) is 14.8. The van der Waals surface area contributed by atoms with Crippen LogP contribution in [0.2, 0.25) is 5.02 Å². The number of nitrogens with one attached hydrogen (secondary N) is 1. The Morgan fingerprint density at radius 1 is 1.05 bits per heavy atom. The molecule has 1 aromatic rings. The predicted octanol–water partition coefficient (Wildman–Crippen LogP) is 3.90. The number of ether oxygens (including phenoxy) is 2. The van der Waals surface area contributed by atoms with Crippen LogP contribution in [-0.4, -0.2) is 24.6 Å². The number of piperidine rings is 1. The molecule has 21 heavy (non-hydrogen) atoms. The lowest BCUT2D eigenvalue weighted by Gasteiger charge is -2.29. The number of fused-ring (bicyclic) bond motifs is 2. The summed E-state index contributed by atoms with van der Waals surface area (Å²) in [5.74, 6) is -0.0463. The van der Waals surface area contributed by atoms with E-state index in [9.17, 15) is 13.2 Å². The van der Waals surface area contributed by atoms with Crippen LogP contribution in [-0.2, 0) is 0 Å². The molecule has 2 aliphatic rings. The molecule has 0 spiro atoms. The summed E-state index contributed by atoms with van der Waals surface area (Å²) < 4.78 is 46.5. The average molecular weight is 322 g/mol. The van der Waals surface area contributed by atoms with Gasteiger partial charge in [0.05, 0.1) is 0 Å². The van der Waals surface area contributed by atoms with Gasteiger partial charge in [0.15, 0.2) is 0 Å². The normalized spacial score (nSPS) is 28.5. The zero-order valence-corrected chi connectivity index (χ0v) is 11.9. The van der Waals surface area contributed by atoms with E-state index in [0.29, 0.717) is 17.8 Å². The third-order valence-electron chi connectivity index (χ3n) is 3.81. The van der Waals surface area contributed by atoms with Crippen molar-refractivity contribution in [2.75, 3.05) is 0 Å². The fraction of sp³-hybridized carbons (Fsp3) is 0.571. The summed E-state index contributed by atoms with van der Waals surface area (Å²) in [6.45, 7) is 0. The third-order valence-corrected chi connectivity index (χ3v) is 4.03. The van der Waals surface area contributed by atoms with Gasteiger partial charge in [-0.2, -0.15) is 0 Å². The van der Waals surface area contributed by atoms with Gasteiger partial charge in [0.25, 0.3) is 0 Å². The molecule has 7 heteroatoms. The topological polar surface area (TPSA) is 30.5 Å². The van der Waals surface area contributed by atoms with Gasteiger partial charge < -0.3 is 14.8 Å². The van der Waals surface area contributed by atoms with Crippen LogP contribution < -0.4 is 14.8 Å². The largest absolute Gasteiger partial charge is 0.573 e. The summed E-state index contributed by atoms with van der Waals surface area (Å²) in [7, 11) is 0. The van der Waals surface area contributed by atoms with Gasteiger partial charge >= 0.3 is 6.36 Å². The molecule has 0 aromatic heterocycles. The highest BCUT2D eigenvalue weighted by Crippen LogP contribution is 2.33. The van der Waals surface area contributed by atoms with E-state index in [1.165, 1.54) is 12.1 Å². The number of benzene rings is 1. The molecule has 2 aliphatic heterocycles. The lowest BCUT2D eigenvalue weighted by Crippen LogP contribution is -2.42. The summed E-state index contributed by atoms with van der Waals surface area (Å²) in [6, 6.07) is 4.74. The van der Waals surface area contributed by atoms with E-state index in [0.717, 1.165) is 31.7 Å². The molecular formula is C14H15ClF3NO2. The van der Waals surface area contributed by atoms with Gasteiger partial charge in [-0.25, -0.2) is 0 Å². The van der Waals surface area contributed by atoms with E-state index in [2.05, 4.69) is 10.1 Å². The minimum absolute atomic E-state index is 0.000883. The first-order chi connectivity index (χ1) is 9.87. The minimum Gasteiger partial charge on any atom is -0.490 e. The number of alkyl halides is 3. The van der Waals surface area contributed by atoms with Gasteiger partial charge in [-0.05, 0) is 37.8 Å². The Bertz CT molecular complexity index is 511. The summed E-state index contributed by atoms with van der Waals surface area (Å²) in [4.78, 5) is 0. The number of rotatable bonds is 3. The van der Waals surface area contributed by atoms with E-state index < -0.39 is 6.36 Å². The van der Waals surface area contributed by atoms with E-state index in [-0.39, 0.29) is 16.9 Å². The van der Waals surface area contributed by atoms with Crippen LogP contribution in [0, 0.1) is 0 Å². The predicted molar refractivity (Wildman–Crippen MR) is 71.7 cm³/mol. The van der Waals surface area contributed by atoms with E-state index >= 15 is 0 Å². The molecule has 0 aliphatic carbocycles. The smallest absolute Gasteiger partial charge is 0.490 e. The molecule has 2 atom stereocenters. The molecule has 0 radical (unpaired) electrons. The summed E-state index contributed by atoms with van der Waals surface area (Å²) >= 11 is 5.83. The van der Waals surface area contributed by atoms with Gasteiger partial charge in [0.1, 0.15) is 17.6 Å². The third kappa shape index (κ3) is 3.95. The van der Waals surface area contributed by atoms with Crippen LogP contribution in [0.25, 0.3) is 0 Å². The SMILES string of the molecule is FC(F)(F)Oc1cc(Cl)cc(OC2CC3CCC(C2)N3)c1. The molecule has 1 aromatic carbocycles. The van der Waals surface area contributed by atoms with Crippen LogP contribution in [0.15, 0.2) is 18.2 Å². The Hall–Kier alpha value is -1.14. The second-order valence-electron chi connectivity index (χ2n) is 5.52. The molecule has 2 saturated heterocycles. The fourth-order valence-electron chi connectivity index (χ4n) is 3.09. The van der Waals surface area contributed by atoms with Crippen molar-refractivity contribution < 1.29 is 22.6 Å². The Balaban J connectivity index is 1.70. The second kappa shape index (κ2) is 5.57. The Labute approximate surface area is 125 Å². The molecule has 2 fully saturated rings. The lowest BCUT2D eigenvalue weighted by atomic mass is 10.0. The zero-order chi connectivity index (χ0) is 15.0. The fourth-order valence-corrected chi connectivity index (χ4v) is 3.31. The quantitative estimate of drug-likeness (QED) is 0.916. The Morgan fingerprint density at radius 3 is 2.29 bits per heavy atom. The molecule has 2 heterocycles. The maximum absolute atomic E-state index is 12.3. The standard InChI is InChI=1S/C14H15ClF3NO2/c15-8-3-11(7-13(4-8)21-14(16,17)18)20-12-5-9-1-2-10(6-12)19-9/h3-4,7,9-10,12,19H,1-2,5-6H2. The van der Waals surface area contributed by atoms with Gasteiger partial charge in [-0.3, -0.25) is 0 Å². The summed E-state index contributed by atoms with van der Waals surface area (Å²) in [6.07, 6.45) is -0.765. The highest BCUT2D eigenvalue weighted by atomic mass is 35.5. The molecule has 2 unspecified atom stereocenters. The first-order valence-electron chi connectivity index (χ1n) is 6.86. The summed E-state index contributed by atoms with van der Waals surface area (Å²) in [5.41, 5.74) is 0. The number of hydrogen-bond donors (Lipinski definition) is 1. The van der Waals surface area contributed by atoms with Crippen molar-refractivity contribution in [1.29, 1.82) is 0 Å². The lowest BCUT2D eigenvalue weighted by molar-refractivity contribution is -0.274. The number of hydrogen-bond acceptors (Lipinski definition) is 3. The van der Waals surface area contributed by atoms with Gasteiger partial charge in [-0.15, -0.1) is 13.2 Å². The molecule has 0 amide bonds. The highest BCUT2D eigenvalue weighted by molar-refractivity contribution is 6.30. The van der Waals surface area contributed by atoms with Crippen molar-refractivity contribution in [1.82, 2.24) is 5.32 Å². The number of halogens is 4. The second-order valence-corrected chi connectivity index (χ2v) is 5.96. The van der Waals surface area contributed by atoms with Crippen molar-refractivity contribution in [3.63, 3.8) is 0 Å². The molecule has 3 nitrogen and oxygen atoms in total. The van der Waals surface area contributed by atoms with Crippen molar-refractivity contribution in [3.8, 4) is 11.5 Å². The van der Waals surface area contributed by atoms with Crippen LogP contribution in [0.4, 0.5) is 13.2 Å². The van der Waals surface area contributed by atoms with Crippen LogP contribution in [0.1, 0.15) is 25.7 Å². The maximum atomic E-state index is 12.3. The Kier molecular flexibility index (Phi) is 3.92. The zero-order valence-electron chi connectivity index (χ0n) is 11.1. The van der Waals surface area contributed by atoms with Crippen LogP contribution >= 0.6 is 11.6 Å².